The highest BCUT2D eigenvalue weighted by atomic mass is 32.2. The second-order valence-corrected chi connectivity index (χ2v) is 3.06. The van der Waals surface area contributed by atoms with E-state index in [2.05, 4.69) is 0 Å². The second-order valence-electron chi connectivity index (χ2n) is 2.01. The monoisotopic (exact) mass is 162 g/mol. The van der Waals surface area contributed by atoms with Crippen LogP contribution in [0.1, 0.15) is 0 Å². The maximum atomic E-state index is 10.9. The molecule has 3 N–H and O–H groups in total. The molecule has 0 aromatic heterocycles. The Labute approximate surface area is 63.4 Å². The van der Waals surface area contributed by atoms with Crippen molar-refractivity contribution >= 4 is 17.7 Å². The van der Waals surface area contributed by atoms with Gasteiger partial charge in [0.1, 0.15) is 0 Å². The van der Waals surface area contributed by atoms with E-state index in [9.17, 15) is 4.79 Å². The zero-order chi connectivity index (χ0) is 7.56. The quantitative estimate of drug-likeness (QED) is 0.535. The van der Waals surface area contributed by atoms with Gasteiger partial charge in [-0.25, -0.2) is 0 Å². The van der Waals surface area contributed by atoms with Gasteiger partial charge in [-0.3, -0.25) is 4.79 Å². The minimum atomic E-state index is -0.670. The van der Waals surface area contributed by atoms with Gasteiger partial charge in [0.2, 0.25) is 5.91 Å². The Morgan fingerprint density at radius 2 is 2.60 bits per heavy atom. The first-order valence-electron chi connectivity index (χ1n) is 3.05. The highest BCUT2D eigenvalue weighted by molar-refractivity contribution is 8.00. The van der Waals surface area contributed by atoms with Crippen molar-refractivity contribution in [2.45, 2.75) is 5.56 Å². The van der Waals surface area contributed by atoms with E-state index in [0.717, 1.165) is 0 Å². The van der Waals surface area contributed by atoms with Crippen molar-refractivity contribution in [3.63, 3.8) is 0 Å². The molecule has 0 radical (unpaired) electrons. The molecule has 10 heavy (non-hydrogen) atoms. The number of rotatable bonds is 2. The fraction of sp³-hybridized carbons (Fsp3) is 0.800. The van der Waals surface area contributed by atoms with Crippen LogP contribution < -0.4 is 5.73 Å². The lowest BCUT2D eigenvalue weighted by Crippen LogP contribution is -2.36. The molecule has 1 heterocycles. The van der Waals surface area contributed by atoms with E-state index in [-0.39, 0.29) is 5.91 Å². The molecule has 1 fully saturated rings. The maximum absolute atomic E-state index is 10.9. The molecular weight excluding hydrogens is 152 g/mol. The summed E-state index contributed by atoms with van der Waals surface area (Å²) in [6.07, 6.45) is 0. The third kappa shape index (κ3) is 1.42. The molecule has 0 bridgehead atoms. The molecular formula is C5H10N2O2S. The van der Waals surface area contributed by atoms with Gasteiger partial charge in [-0.15, -0.1) is 0 Å². The van der Waals surface area contributed by atoms with Gasteiger partial charge >= 0.3 is 0 Å². The molecule has 0 saturated carbocycles. The number of aliphatic hydroxyl groups is 1. The van der Waals surface area contributed by atoms with Crippen molar-refractivity contribution in [2.75, 3.05) is 18.8 Å². The number of hydrogen-bond acceptors (Lipinski definition) is 4. The summed E-state index contributed by atoms with van der Waals surface area (Å²) in [5.41, 5.74) is 4.55. The predicted octanol–water partition coefficient (Wildman–Crippen LogP) is -1.20. The summed E-state index contributed by atoms with van der Waals surface area (Å²) in [7, 11) is 0. The number of thioether (sulfide) groups is 1. The Morgan fingerprint density at radius 1 is 1.90 bits per heavy atom. The summed E-state index contributed by atoms with van der Waals surface area (Å²) in [6, 6.07) is 0. The summed E-state index contributed by atoms with van der Waals surface area (Å²) in [6.45, 7) is 0.857. The van der Waals surface area contributed by atoms with E-state index >= 15 is 0 Å². The lowest BCUT2D eigenvalue weighted by Gasteiger charge is -2.17. The van der Waals surface area contributed by atoms with E-state index in [4.69, 9.17) is 10.8 Å². The van der Waals surface area contributed by atoms with Crippen LogP contribution in [0.5, 0.6) is 0 Å². The maximum Gasteiger partial charge on any atom is 0.235 e. The van der Waals surface area contributed by atoms with Gasteiger partial charge in [0.05, 0.1) is 5.75 Å². The van der Waals surface area contributed by atoms with Crippen molar-refractivity contribution in [1.82, 2.24) is 4.90 Å². The van der Waals surface area contributed by atoms with Crippen LogP contribution in [-0.2, 0) is 4.79 Å². The highest BCUT2D eigenvalue weighted by Crippen LogP contribution is 2.21. The van der Waals surface area contributed by atoms with Crippen LogP contribution in [0, 0.1) is 0 Å². The van der Waals surface area contributed by atoms with Gasteiger partial charge in [-0.05, 0) is 0 Å². The summed E-state index contributed by atoms with van der Waals surface area (Å²) in [4.78, 5) is 12.2. The van der Waals surface area contributed by atoms with Crippen LogP contribution in [0.4, 0.5) is 0 Å². The van der Waals surface area contributed by atoms with Gasteiger partial charge < -0.3 is 15.7 Å². The van der Waals surface area contributed by atoms with Crippen molar-refractivity contribution < 1.29 is 9.90 Å². The van der Waals surface area contributed by atoms with Crippen LogP contribution in [0.2, 0.25) is 0 Å². The van der Waals surface area contributed by atoms with Crippen LogP contribution in [0.3, 0.4) is 0 Å². The smallest absolute Gasteiger partial charge is 0.235 e. The summed E-state index contributed by atoms with van der Waals surface area (Å²) in [5.74, 6) is 0.351. The first kappa shape index (κ1) is 7.84. The molecule has 1 aliphatic heterocycles. The van der Waals surface area contributed by atoms with Gasteiger partial charge in [0.25, 0.3) is 0 Å². The Morgan fingerprint density at radius 3 is 3.00 bits per heavy atom. The third-order valence-electron chi connectivity index (χ3n) is 1.31. The fourth-order valence-electron chi connectivity index (χ4n) is 0.816. The molecule has 5 heteroatoms. The average Bonchev–Trinajstić information content (AvgIpc) is 2.20. The Kier molecular flexibility index (Phi) is 2.53. The van der Waals surface area contributed by atoms with E-state index in [0.29, 0.717) is 18.8 Å². The zero-order valence-corrected chi connectivity index (χ0v) is 6.30. The molecule has 1 amide bonds. The number of aliphatic hydroxyl groups excluding tert-OH is 1. The minimum absolute atomic E-state index is 0.0250. The summed E-state index contributed by atoms with van der Waals surface area (Å²) < 4.78 is 0. The first-order valence-corrected chi connectivity index (χ1v) is 4.10. The lowest BCUT2D eigenvalue weighted by molar-refractivity contribution is -0.131. The van der Waals surface area contributed by atoms with Crippen LogP contribution in [0.15, 0.2) is 0 Å². The normalized spacial score (nSPS) is 26.0. The minimum Gasteiger partial charge on any atom is -0.364 e. The predicted molar refractivity (Wildman–Crippen MR) is 39.2 cm³/mol. The van der Waals surface area contributed by atoms with Crippen molar-refractivity contribution in [2.24, 2.45) is 5.73 Å². The third-order valence-corrected chi connectivity index (χ3v) is 2.28. The Bertz CT molecular complexity index is 142. The number of nitrogens with zero attached hydrogens (tertiary/aromatic N) is 1. The van der Waals surface area contributed by atoms with Crippen molar-refractivity contribution in [3.05, 3.63) is 0 Å². The lowest BCUT2D eigenvalue weighted by atomic mass is 10.5. The van der Waals surface area contributed by atoms with Crippen LogP contribution in [-0.4, -0.2) is 40.3 Å². The topological polar surface area (TPSA) is 66.6 Å². The van der Waals surface area contributed by atoms with Gasteiger partial charge in [-0.1, -0.05) is 11.8 Å². The molecule has 1 rings (SSSR count). The molecule has 0 aromatic carbocycles. The number of carbonyl (C=O) groups is 1. The number of amides is 1. The fourth-order valence-corrected chi connectivity index (χ4v) is 1.68. The first-order chi connectivity index (χ1) is 4.75. The van der Waals surface area contributed by atoms with Crippen LogP contribution >= 0.6 is 11.8 Å². The SMILES string of the molecule is NCCN1C(=O)CSC1O. The molecule has 0 aromatic rings. The van der Waals surface area contributed by atoms with Gasteiger partial charge in [-0.2, -0.15) is 0 Å². The van der Waals surface area contributed by atoms with E-state index in [1.807, 2.05) is 0 Å². The van der Waals surface area contributed by atoms with Crippen LogP contribution in [0.25, 0.3) is 0 Å². The molecule has 58 valence electrons. The Balaban J connectivity index is 2.46. The summed E-state index contributed by atoms with van der Waals surface area (Å²) >= 11 is 1.23. The highest BCUT2D eigenvalue weighted by Gasteiger charge is 2.28. The van der Waals surface area contributed by atoms with Crippen molar-refractivity contribution in [3.8, 4) is 0 Å². The Hall–Kier alpha value is -0.260. The largest absolute Gasteiger partial charge is 0.364 e. The molecule has 0 spiro atoms. The van der Waals surface area contributed by atoms with E-state index in [1.54, 1.807) is 0 Å². The number of hydrogen-bond donors (Lipinski definition) is 2. The van der Waals surface area contributed by atoms with Gasteiger partial charge in [0, 0.05) is 13.1 Å². The summed E-state index contributed by atoms with van der Waals surface area (Å²) in [5, 5.41) is 9.10. The molecule has 4 nitrogen and oxygen atoms in total. The molecule has 1 aliphatic rings. The average molecular weight is 162 g/mol. The van der Waals surface area contributed by atoms with E-state index in [1.165, 1.54) is 16.7 Å². The molecule has 1 saturated heterocycles. The zero-order valence-electron chi connectivity index (χ0n) is 5.49. The molecule has 1 atom stereocenters. The van der Waals surface area contributed by atoms with E-state index < -0.39 is 5.56 Å². The van der Waals surface area contributed by atoms with Crippen molar-refractivity contribution in [1.29, 1.82) is 0 Å². The van der Waals surface area contributed by atoms with Gasteiger partial charge in [0.15, 0.2) is 5.56 Å². The standard InChI is InChI=1S/C5H10N2O2S/c6-1-2-7-4(8)3-10-5(7)9/h5,9H,1-3,6H2. The number of nitrogens with two attached hydrogens (primary N) is 1. The molecule has 1 unspecified atom stereocenters. The number of carbonyl (C=O) groups excluding carboxylic acids is 1. The molecule has 0 aliphatic carbocycles. The second kappa shape index (κ2) is 3.23.